The molecule has 0 saturated carbocycles. The van der Waals surface area contributed by atoms with E-state index < -0.39 is 20.8 Å². The molecular formula is C7H15O7P. The third-order valence-corrected chi connectivity index (χ3v) is 2.03. The molecule has 0 spiro atoms. The highest BCUT2D eigenvalue weighted by Gasteiger charge is 2.20. The van der Waals surface area contributed by atoms with Gasteiger partial charge in [0, 0.05) is 0 Å². The maximum atomic E-state index is 10.9. The molecule has 0 aromatic heterocycles. The van der Waals surface area contributed by atoms with Gasteiger partial charge in [-0.3, -0.25) is 4.52 Å². The number of carbonyl (C=O) groups is 1. The lowest BCUT2D eigenvalue weighted by molar-refractivity contribution is -0.0192. The number of hydrogen-bond acceptors (Lipinski definition) is 6. The predicted molar refractivity (Wildman–Crippen MR) is 50.1 cm³/mol. The predicted octanol–water partition coefficient (Wildman–Crippen LogP) is 1.66. The van der Waals surface area contributed by atoms with E-state index in [1.54, 1.807) is 13.8 Å². The lowest BCUT2D eigenvalue weighted by Crippen LogP contribution is -2.14. The molecule has 0 aromatic rings. The molecular weight excluding hydrogens is 227 g/mol. The van der Waals surface area contributed by atoms with Crippen LogP contribution in [0.25, 0.3) is 0 Å². The molecule has 0 bridgehead atoms. The molecule has 0 aliphatic heterocycles. The molecule has 90 valence electrons. The van der Waals surface area contributed by atoms with Gasteiger partial charge in [0.25, 0.3) is 0 Å². The Balaban J connectivity index is 3.70. The molecule has 15 heavy (non-hydrogen) atoms. The van der Waals surface area contributed by atoms with Crippen LogP contribution in [0.5, 0.6) is 0 Å². The lowest BCUT2D eigenvalue weighted by atomic mass is 10.5. The average molecular weight is 242 g/mol. The van der Waals surface area contributed by atoms with Crippen molar-refractivity contribution in [1.82, 2.24) is 0 Å². The van der Waals surface area contributed by atoms with Gasteiger partial charge in [0.05, 0.1) is 12.7 Å². The van der Waals surface area contributed by atoms with E-state index in [1.165, 1.54) is 6.92 Å². The second-order valence-electron chi connectivity index (χ2n) is 2.69. The standard InChI is InChI=1S/C7H15O7P/c1-4-12-15(9,10)13-5-11-7(8)14-6(2)3/h6H,4-5H2,1-3H3,(H,9,10). The van der Waals surface area contributed by atoms with Gasteiger partial charge in [-0.2, -0.15) is 0 Å². The van der Waals surface area contributed by atoms with Crippen LogP contribution >= 0.6 is 7.82 Å². The second-order valence-corrected chi connectivity index (χ2v) is 4.15. The molecule has 0 aliphatic carbocycles. The third-order valence-electron chi connectivity index (χ3n) is 1.02. The number of phosphoric acid groups is 1. The zero-order valence-electron chi connectivity index (χ0n) is 8.84. The normalized spacial score (nSPS) is 14.7. The van der Waals surface area contributed by atoms with E-state index in [-0.39, 0.29) is 12.7 Å². The van der Waals surface area contributed by atoms with Crippen LogP contribution in [0.2, 0.25) is 0 Å². The fraction of sp³-hybridized carbons (Fsp3) is 0.857. The van der Waals surface area contributed by atoms with Crippen molar-refractivity contribution in [3.8, 4) is 0 Å². The van der Waals surface area contributed by atoms with Gasteiger partial charge in [-0.1, -0.05) is 0 Å². The van der Waals surface area contributed by atoms with E-state index in [0.29, 0.717) is 0 Å². The van der Waals surface area contributed by atoms with Gasteiger partial charge in [-0.25, -0.2) is 13.9 Å². The van der Waals surface area contributed by atoms with Gasteiger partial charge in [0.1, 0.15) is 0 Å². The molecule has 7 nitrogen and oxygen atoms in total. The third kappa shape index (κ3) is 8.38. The first-order valence-electron chi connectivity index (χ1n) is 4.32. The van der Waals surface area contributed by atoms with E-state index in [9.17, 15) is 9.36 Å². The topological polar surface area (TPSA) is 91.3 Å². The maximum Gasteiger partial charge on any atom is 0.510 e. The summed E-state index contributed by atoms with van der Waals surface area (Å²) in [6.45, 7) is 4.13. The first-order valence-corrected chi connectivity index (χ1v) is 5.82. The molecule has 8 heteroatoms. The molecule has 0 saturated heterocycles. The molecule has 1 atom stereocenters. The van der Waals surface area contributed by atoms with Crippen molar-refractivity contribution >= 4 is 14.0 Å². The summed E-state index contributed by atoms with van der Waals surface area (Å²) < 4.78 is 28.4. The summed E-state index contributed by atoms with van der Waals surface area (Å²) >= 11 is 0. The van der Waals surface area contributed by atoms with Gasteiger partial charge in [0.15, 0.2) is 0 Å². The monoisotopic (exact) mass is 242 g/mol. The Hall–Kier alpha value is -0.620. The quantitative estimate of drug-likeness (QED) is 0.430. The minimum Gasteiger partial charge on any atom is -0.432 e. The minimum atomic E-state index is -4.12. The molecule has 0 aliphatic rings. The first kappa shape index (κ1) is 14.4. The van der Waals surface area contributed by atoms with E-state index >= 15 is 0 Å². The van der Waals surface area contributed by atoms with Gasteiger partial charge in [-0.05, 0) is 20.8 Å². The van der Waals surface area contributed by atoms with Crippen molar-refractivity contribution < 1.29 is 32.8 Å². The van der Waals surface area contributed by atoms with Crippen molar-refractivity contribution in [3.05, 3.63) is 0 Å². The van der Waals surface area contributed by atoms with Crippen LogP contribution in [0, 0.1) is 0 Å². The lowest BCUT2D eigenvalue weighted by Gasteiger charge is -2.11. The van der Waals surface area contributed by atoms with Gasteiger partial charge < -0.3 is 14.4 Å². The molecule has 0 aromatic carbocycles. The molecule has 1 unspecified atom stereocenters. The van der Waals surface area contributed by atoms with Crippen LogP contribution < -0.4 is 0 Å². The minimum absolute atomic E-state index is 0.0181. The van der Waals surface area contributed by atoms with E-state index in [4.69, 9.17) is 4.89 Å². The zero-order chi connectivity index (χ0) is 11.9. The Labute approximate surface area is 87.9 Å². The molecule has 0 radical (unpaired) electrons. The number of carbonyl (C=O) groups excluding carboxylic acids is 1. The van der Waals surface area contributed by atoms with Crippen molar-refractivity contribution in [2.45, 2.75) is 26.9 Å². The number of ether oxygens (including phenoxy) is 2. The van der Waals surface area contributed by atoms with Crippen molar-refractivity contribution in [2.75, 3.05) is 13.4 Å². The van der Waals surface area contributed by atoms with Gasteiger partial charge in [-0.15, -0.1) is 0 Å². The SMILES string of the molecule is CCOP(=O)(O)OCOC(=O)OC(C)C. The van der Waals surface area contributed by atoms with Gasteiger partial charge >= 0.3 is 14.0 Å². The van der Waals surface area contributed by atoms with Gasteiger partial charge in [0.2, 0.25) is 6.79 Å². The summed E-state index contributed by atoms with van der Waals surface area (Å²) in [7, 11) is -4.12. The van der Waals surface area contributed by atoms with Crippen LogP contribution in [-0.4, -0.2) is 30.6 Å². The summed E-state index contributed by atoms with van der Waals surface area (Å²) in [5, 5.41) is 0. The largest absolute Gasteiger partial charge is 0.510 e. The Morgan fingerprint density at radius 3 is 2.47 bits per heavy atom. The van der Waals surface area contributed by atoms with Crippen molar-refractivity contribution in [3.63, 3.8) is 0 Å². The molecule has 1 N–H and O–H groups in total. The Bertz CT molecular complexity index is 239. The summed E-state index contributed by atoms with van der Waals surface area (Å²) in [5.74, 6) is 0. The van der Waals surface area contributed by atoms with Crippen LogP contribution in [0.1, 0.15) is 20.8 Å². The highest BCUT2D eigenvalue weighted by molar-refractivity contribution is 7.47. The molecule has 0 fully saturated rings. The number of rotatable bonds is 6. The average Bonchev–Trinajstić information content (AvgIpc) is 2.01. The molecule has 0 amide bonds. The molecule has 0 rings (SSSR count). The van der Waals surface area contributed by atoms with E-state index in [2.05, 4.69) is 18.5 Å². The second kappa shape index (κ2) is 6.79. The zero-order valence-corrected chi connectivity index (χ0v) is 9.73. The highest BCUT2D eigenvalue weighted by Crippen LogP contribution is 2.42. The van der Waals surface area contributed by atoms with E-state index in [1.807, 2.05) is 0 Å². The number of phosphoric ester groups is 1. The van der Waals surface area contributed by atoms with E-state index in [0.717, 1.165) is 0 Å². The van der Waals surface area contributed by atoms with Crippen LogP contribution in [-0.2, 0) is 23.1 Å². The van der Waals surface area contributed by atoms with Crippen LogP contribution in [0.15, 0.2) is 0 Å². The fourth-order valence-corrected chi connectivity index (χ4v) is 1.15. The number of hydrogen-bond donors (Lipinski definition) is 1. The van der Waals surface area contributed by atoms with Crippen LogP contribution in [0.3, 0.4) is 0 Å². The van der Waals surface area contributed by atoms with Crippen molar-refractivity contribution in [1.29, 1.82) is 0 Å². The Kier molecular flexibility index (Phi) is 6.51. The summed E-state index contributed by atoms with van der Waals surface area (Å²) in [6.07, 6.45) is -1.30. The summed E-state index contributed by atoms with van der Waals surface area (Å²) in [6, 6.07) is 0. The fourth-order valence-electron chi connectivity index (χ4n) is 0.568. The maximum absolute atomic E-state index is 10.9. The van der Waals surface area contributed by atoms with Crippen molar-refractivity contribution in [2.24, 2.45) is 0 Å². The molecule has 0 heterocycles. The van der Waals surface area contributed by atoms with Crippen LogP contribution in [0.4, 0.5) is 4.79 Å². The first-order chi connectivity index (χ1) is 6.87. The summed E-state index contributed by atoms with van der Waals surface area (Å²) in [4.78, 5) is 19.6. The Morgan fingerprint density at radius 1 is 1.40 bits per heavy atom. The summed E-state index contributed by atoms with van der Waals surface area (Å²) in [5.41, 5.74) is 0. The smallest absolute Gasteiger partial charge is 0.432 e. The highest BCUT2D eigenvalue weighted by atomic mass is 31.2. The Morgan fingerprint density at radius 2 is 2.00 bits per heavy atom.